The highest BCUT2D eigenvalue weighted by Crippen LogP contribution is 2.25. The first-order valence-corrected chi connectivity index (χ1v) is 6.37. The van der Waals surface area contributed by atoms with Crippen LogP contribution < -0.4 is 5.32 Å². The van der Waals surface area contributed by atoms with Crippen molar-refractivity contribution in [1.82, 2.24) is 5.32 Å². The van der Waals surface area contributed by atoms with Crippen LogP contribution in [-0.4, -0.2) is 10.2 Å². The summed E-state index contributed by atoms with van der Waals surface area (Å²) in [5.41, 5.74) is 3.03. The SMILES string of the molecule is Cc1ccc(C(C)NCc2ccc(O)cc2)c(O)c1. The molecule has 19 heavy (non-hydrogen) atoms. The van der Waals surface area contributed by atoms with Gasteiger partial charge in [-0.2, -0.15) is 0 Å². The molecule has 0 aliphatic rings. The Balaban J connectivity index is 2.01. The van der Waals surface area contributed by atoms with Gasteiger partial charge in [-0.05, 0) is 43.2 Å². The molecular weight excluding hydrogens is 238 g/mol. The molecule has 0 heterocycles. The van der Waals surface area contributed by atoms with E-state index in [1.165, 1.54) is 0 Å². The van der Waals surface area contributed by atoms with Crippen molar-refractivity contribution < 1.29 is 10.2 Å². The second-order valence-corrected chi connectivity index (χ2v) is 4.83. The summed E-state index contributed by atoms with van der Waals surface area (Å²) in [6.07, 6.45) is 0. The van der Waals surface area contributed by atoms with Gasteiger partial charge in [0, 0.05) is 18.2 Å². The van der Waals surface area contributed by atoms with Crippen LogP contribution in [0.4, 0.5) is 0 Å². The van der Waals surface area contributed by atoms with Crippen LogP contribution in [0.15, 0.2) is 42.5 Å². The fourth-order valence-corrected chi connectivity index (χ4v) is 2.01. The Morgan fingerprint density at radius 1 is 1.05 bits per heavy atom. The number of phenolic OH excluding ortho intramolecular Hbond substituents is 2. The number of benzene rings is 2. The van der Waals surface area contributed by atoms with Gasteiger partial charge < -0.3 is 15.5 Å². The minimum absolute atomic E-state index is 0.0643. The van der Waals surface area contributed by atoms with Crippen molar-refractivity contribution >= 4 is 0 Å². The van der Waals surface area contributed by atoms with Crippen LogP contribution in [0.2, 0.25) is 0 Å². The zero-order chi connectivity index (χ0) is 13.8. The highest BCUT2D eigenvalue weighted by Gasteiger charge is 2.09. The summed E-state index contributed by atoms with van der Waals surface area (Å²) in [4.78, 5) is 0. The number of aromatic hydroxyl groups is 2. The van der Waals surface area contributed by atoms with Crippen molar-refractivity contribution in [3.05, 3.63) is 59.2 Å². The maximum absolute atomic E-state index is 9.92. The molecule has 0 saturated heterocycles. The molecular formula is C16H19NO2. The predicted octanol–water partition coefficient (Wildman–Crippen LogP) is 3.26. The third kappa shape index (κ3) is 3.48. The molecule has 100 valence electrons. The highest BCUT2D eigenvalue weighted by molar-refractivity contribution is 5.38. The zero-order valence-corrected chi connectivity index (χ0v) is 11.2. The molecule has 0 radical (unpaired) electrons. The molecule has 0 spiro atoms. The monoisotopic (exact) mass is 257 g/mol. The molecule has 3 heteroatoms. The van der Waals surface area contributed by atoms with E-state index in [0.29, 0.717) is 12.3 Å². The number of nitrogens with one attached hydrogen (secondary N) is 1. The van der Waals surface area contributed by atoms with E-state index in [0.717, 1.165) is 16.7 Å². The third-order valence-electron chi connectivity index (χ3n) is 3.20. The predicted molar refractivity (Wildman–Crippen MR) is 76.2 cm³/mol. The number of aryl methyl sites for hydroxylation is 1. The largest absolute Gasteiger partial charge is 0.508 e. The van der Waals surface area contributed by atoms with Gasteiger partial charge in [0.15, 0.2) is 0 Å². The Morgan fingerprint density at radius 2 is 1.74 bits per heavy atom. The lowest BCUT2D eigenvalue weighted by Gasteiger charge is -2.16. The lowest BCUT2D eigenvalue weighted by atomic mass is 10.0. The van der Waals surface area contributed by atoms with Crippen LogP contribution in [0.3, 0.4) is 0 Å². The summed E-state index contributed by atoms with van der Waals surface area (Å²) in [5.74, 6) is 0.596. The van der Waals surface area contributed by atoms with Crippen LogP contribution in [-0.2, 0) is 6.54 Å². The van der Waals surface area contributed by atoms with Gasteiger partial charge in [-0.15, -0.1) is 0 Å². The molecule has 0 amide bonds. The van der Waals surface area contributed by atoms with Crippen molar-refractivity contribution in [2.45, 2.75) is 26.4 Å². The van der Waals surface area contributed by atoms with E-state index in [1.54, 1.807) is 18.2 Å². The average Bonchev–Trinajstić information content (AvgIpc) is 2.37. The molecule has 1 unspecified atom stereocenters. The van der Waals surface area contributed by atoms with Gasteiger partial charge in [0.25, 0.3) is 0 Å². The van der Waals surface area contributed by atoms with Gasteiger partial charge in [0.2, 0.25) is 0 Å². The first kappa shape index (κ1) is 13.4. The molecule has 3 N–H and O–H groups in total. The molecule has 0 bridgehead atoms. The van der Waals surface area contributed by atoms with Crippen LogP contribution in [0.25, 0.3) is 0 Å². The van der Waals surface area contributed by atoms with Gasteiger partial charge in [0.1, 0.15) is 11.5 Å². The summed E-state index contributed by atoms with van der Waals surface area (Å²) in [6, 6.07) is 12.9. The molecule has 3 nitrogen and oxygen atoms in total. The molecule has 2 rings (SSSR count). The molecule has 0 saturated carbocycles. The Labute approximate surface area is 113 Å². The molecule has 2 aromatic rings. The van der Waals surface area contributed by atoms with Gasteiger partial charge in [-0.1, -0.05) is 24.3 Å². The Morgan fingerprint density at radius 3 is 2.37 bits per heavy atom. The van der Waals surface area contributed by atoms with Crippen molar-refractivity contribution in [2.75, 3.05) is 0 Å². The quantitative estimate of drug-likeness (QED) is 0.788. The Hall–Kier alpha value is -2.00. The summed E-state index contributed by atoms with van der Waals surface area (Å²) < 4.78 is 0. The Bertz CT molecular complexity index is 549. The first-order valence-electron chi connectivity index (χ1n) is 6.37. The minimum Gasteiger partial charge on any atom is -0.508 e. The molecule has 1 atom stereocenters. The van der Waals surface area contributed by atoms with Crippen LogP contribution >= 0.6 is 0 Å². The topological polar surface area (TPSA) is 52.5 Å². The van der Waals surface area contributed by atoms with E-state index >= 15 is 0 Å². The van der Waals surface area contributed by atoms with Crippen molar-refractivity contribution in [2.24, 2.45) is 0 Å². The third-order valence-corrected chi connectivity index (χ3v) is 3.20. The van der Waals surface area contributed by atoms with Crippen molar-refractivity contribution in [1.29, 1.82) is 0 Å². The smallest absolute Gasteiger partial charge is 0.120 e. The number of hydrogen-bond acceptors (Lipinski definition) is 3. The van der Waals surface area contributed by atoms with Gasteiger partial charge in [-0.25, -0.2) is 0 Å². The van der Waals surface area contributed by atoms with Crippen LogP contribution in [0, 0.1) is 6.92 Å². The first-order chi connectivity index (χ1) is 9.06. The fourth-order valence-electron chi connectivity index (χ4n) is 2.01. The van der Waals surface area contributed by atoms with E-state index < -0.39 is 0 Å². The van der Waals surface area contributed by atoms with E-state index in [9.17, 15) is 10.2 Å². The number of rotatable bonds is 4. The van der Waals surface area contributed by atoms with E-state index in [2.05, 4.69) is 5.32 Å². The summed E-state index contributed by atoms with van der Waals surface area (Å²) in [6.45, 7) is 4.66. The normalized spacial score (nSPS) is 12.3. The van der Waals surface area contributed by atoms with E-state index in [1.807, 2.05) is 38.1 Å². The fraction of sp³-hybridized carbons (Fsp3) is 0.250. The number of hydrogen-bond donors (Lipinski definition) is 3. The lowest BCUT2D eigenvalue weighted by Crippen LogP contribution is -2.18. The summed E-state index contributed by atoms with van der Waals surface area (Å²) in [5, 5.41) is 22.5. The number of phenols is 2. The van der Waals surface area contributed by atoms with Crippen molar-refractivity contribution in [3.8, 4) is 11.5 Å². The summed E-state index contributed by atoms with van der Waals surface area (Å²) in [7, 11) is 0. The lowest BCUT2D eigenvalue weighted by molar-refractivity contribution is 0.452. The van der Waals surface area contributed by atoms with Crippen LogP contribution in [0.1, 0.15) is 29.7 Å². The summed E-state index contributed by atoms with van der Waals surface area (Å²) >= 11 is 0. The van der Waals surface area contributed by atoms with Crippen molar-refractivity contribution in [3.63, 3.8) is 0 Å². The van der Waals surface area contributed by atoms with Gasteiger partial charge in [-0.3, -0.25) is 0 Å². The second-order valence-electron chi connectivity index (χ2n) is 4.83. The zero-order valence-electron chi connectivity index (χ0n) is 11.2. The highest BCUT2D eigenvalue weighted by atomic mass is 16.3. The Kier molecular flexibility index (Phi) is 4.07. The van der Waals surface area contributed by atoms with E-state index in [-0.39, 0.29) is 11.8 Å². The molecule has 0 aliphatic carbocycles. The minimum atomic E-state index is 0.0643. The molecule has 0 fully saturated rings. The maximum Gasteiger partial charge on any atom is 0.120 e. The molecule has 0 aliphatic heterocycles. The maximum atomic E-state index is 9.92. The standard InChI is InChI=1S/C16H19NO2/c1-11-3-8-15(16(19)9-11)12(2)17-10-13-4-6-14(18)7-5-13/h3-9,12,17-19H,10H2,1-2H3. The molecule has 2 aromatic carbocycles. The second kappa shape index (κ2) is 5.76. The van der Waals surface area contributed by atoms with Gasteiger partial charge in [0.05, 0.1) is 0 Å². The van der Waals surface area contributed by atoms with Gasteiger partial charge >= 0.3 is 0 Å². The average molecular weight is 257 g/mol. The van der Waals surface area contributed by atoms with Crippen LogP contribution in [0.5, 0.6) is 11.5 Å². The van der Waals surface area contributed by atoms with E-state index in [4.69, 9.17) is 0 Å². The molecule has 0 aromatic heterocycles.